The van der Waals surface area contributed by atoms with Crippen LogP contribution in [0.25, 0.3) is 0 Å². The van der Waals surface area contributed by atoms with Gasteiger partial charge < -0.3 is 14.4 Å². The van der Waals surface area contributed by atoms with Crippen LogP contribution in [0, 0.1) is 16.0 Å². The van der Waals surface area contributed by atoms with Crippen LogP contribution in [0.15, 0.2) is 78.9 Å². The quantitative estimate of drug-likeness (QED) is 0.143. The van der Waals surface area contributed by atoms with Crippen molar-refractivity contribution in [2.45, 2.75) is 13.0 Å². The predicted molar refractivity (Wildman–Crippen MR) is 130 cm³/mol. The highest BCUT2D eigenvalue weighted by Crippen LogP contribution is 2.22. The minimum absolute atomic E-state index is 0.0364. The van der Waals surface area contributed by atoms with Gasteiger partial charge in [0.25, 0.3) is 5.69 Å². The normalized spacial score (nSPS) is 14.8. The van der Waals surface area contributed by atoms with Crippen molar-refractivity contribution in [2.24, 2.45) is 5.92 Å². The molecular formula is C27H22N2O8. The molecule has 1 saturated heterocycles. The number of non-ortho nitro benzene ring substituents is 1. The molecule has 1 atom stereocenters. The first-order valence-corrected chi connectivity index (χ1v) is 11.4. The fourth-order valence-electron chi connectivity index (χ4n) is 3.82. The molecule has 1 heterocycles. The van der Waals surface area contributed by atoms with Gasteiger partial charge in [0.05, 0.1) is 16.4 Å². The highest BCUT2D eigenvalue weighted by atomic mass is 16.6. The second-order valence-electron chi connectivity index (χ2n) is 8.41. The molecule has 0 saturated carbocycles. The zero-order valence-corrected chi connectivity index (χ0v) is 19.6. The van der Waals surface area contributed by atoms with Gasteiger partial charge in [-0.15, -0.1) is 0 Å². The van der Waals surface area contributed by atoms with Gasteiger partial charge in [0, 0.05) is 37.2 Å². The van der Waals surface area contributed by atoms with Crippen LogP contribution in [0.2, 0.25) is 0 Å². The Hall–Kier alpha value is -4.86. The van der Waals surface area contributed by atoms with Crippen molar-refractivity contribution < 1.29 is 33.6 Å². The van der Waals surface area contributed by atoms with E-state index in [1.807, 2.05) is 30.3 Å². The van der Waals surface area contributed by atoms with Crippen LogP contribution >= 0.6 is 0 Å². The SMILES string of the molecule is O=C(COC(=O)[C@@H]1CC(=O)N(Cc2ccccc2)C1)c1ccc(OC(=O)c2ccc([N+](=O)[O-])cc2)cc1. The lowest BCUT2D eigenvalue weighted by Gasteiger charge is -2.16. The first-order valence-electron chi connectivity index (χ1n) is 11.4. The third-order valence-electron chi connectivity index (χ3n) is 5.81. The molecule has 10 nitrogen and oxygen atoms in total. The largest absolute Gasteiger partial charge is 0.457 e. The van der Waals surface area contributed by atoms with Crippen LogP contribution in [-0.4, -0.2) is 46.6 Å². The molecule has 3 aromatic carbocycles. The van der Waals surface area contributed by atoms with Crippen LogP contribution in [-0.2, 0) is 20.9 Å². The van der Waals surface area contributed by atoms with Gasteiger partial charge in [0.1, 0.15) is 5.75 Å². The number of carbonyl (C=O) groups is 4. The Balaban J connectivity index is 1.26. The zero-order valence-electron chi connectivity index (χ0n) is 19.6. The van der Waals surface area contributed by atoms with Gasteiger partial charge in [-0.2, -0.15) is 0 Å². The number of esters is 2. The molecule has 188 valence electrons. The first kappa shape index (κ1) is 25.2. The molecule has 1 amide bonds. The van der Waals surface area contributed by atoms with E-state index < -0.39 is 35.2 Å². The monoisotopic (exact) mass is 502 g/mol. The molecule has 0 N–H and O–H groups in total. The number of likely N-dealkylation sites (tertiary alicyclic amines) is 1. The van der Waals surface area contributed by atoms with E-state index in [-0.39, 0.29) is 41.4 Å². The number of nitro groups is 1. The number of ether oxygens (including phenoxy) is 2. The van der Waals surface area contributed by atoms with Crippen molar-refractivity contribution in [1.29, 1.82) is 0 Å². The Morgan fingerprint density at radius 3 is 2.22 bits per heavy atom. The molecule has 1 aliphatic heterocycles. The molecule has 0 aliphatic carbocycles. The number of rotatable bonds is 9. The van der Waals surface area contributed by atoms with Gasteiger partial charge >= 0.3 is 11.9 Å². The van der Waals surface area contributed by atoms with Crippen LogP contribution in [0.5, 0.6) is 5.75 Å². The lowest BCUT2D eigenvalue weighted by atomic mass is 10.1. The van der Waals surface area contributed by atoms with Crippen LogP contribution < -0.4 is 4.74 Å². The molecular weight excluding hydrogens is 480 g/mol. The topological polar surface area (TPSA) is 133 Å². The molecule has 0 radical (unpaired) electrons. The number of hydrogen-bond acceptors (Lipinski definition) is 8. The van der Waals surface area contributed by atoms with E-state index in [9.17, 15) is 29.3 Å². The number of carbonyl (C=O) groups excluding carboxylic acids is 4. The van der Waals surface area contributed by atoms with Gasteiger partial charge in [-0.3, -0.25) is 24.5 Å². The number of nitrogens with zero attached hydrogens (tertiary/aromatic N) is 2. The molecule has 0 bridgehead atoms. The Morgan fingerprint density at radius 1 is 0.919 bits per heavy atom. The van der Waals surface area contributed by atoms with Crippen molar-refractivity contribution in [2.75, 3.05) is 13.2 Å². The van der Waals surface area contributed by atoms with Crippen molar-refractivity contribution in [3.63, 3.8) is 0 Å². The summed E-state index contributed by atoms with van der Waals surface area (Å²) in [6.07, 6.45) is 0.0364. The summed E-state index contributed by atoms with van der Waals surface area (Å²) in [4.78, 5) is 61.1. The highest BCUT2D eigenvalue weighted by Gasteiger charge is 2.35. The third kappa shape index (κ3) is 6.43. The van der Waals surface area contributed by atoms with E-state index in [1.54, 1.807) is 4.90 Å². The fourth-order valence-corrected chi connectivity index (χ4v) is 3.82. The number of amides is 1. The van der Waals surface area contributed by atoms with Gasteiger partial charge in [-0.1, -0.05) is 30.3 Å². The lowest BCUT2D eigenvalue weighted by molar-refractivity contribution is -0.384. The van der Waals surface area contributed by atoms with Gasteiger partial charge in [0.2, 0.25) is 5.91 Å². The molecule has 1 fully saturated rings. The Labute approximate surface area is 211 Å². The van der Waals surface area contributed by atoms with Crippen molar-refractivity contribution in [1.82, 2.24) is 4.90 Å². The predicted octanol–water partition coefficient (Wildman–Crippen LogP) is 3.59. The summed E-state index contributed by atoms with van der Waals surface area (Å²) >= 11 is 0. The van der Waals surface area contributed by atoms with Gasteiger partial charge in [-0.05, 0) is 42.0 Å². The molecule has 37 heavy (non-hydrogen) atoms. The summed E-state index contributed by atoms with van der Waals surface area (Å²) in [6, 6.07) is 20.1. The van der Waals surface area contributed by atoms with Gasteiger partial charge in [-0.25, -0.2) is 4.79 Å². The Morgan fingerprint density at radius 2 is 1.57 bits per heavy atom. The van der Waals surface area contributed by atoms with E-state index in [4.69, 9.17) is 9.47 Å². The molecule has 10 heteroatoms. The van der Waals surface area contributed by atoms with E-state index in [0.717, 1.165) is 5.56 Å². The smallest absolute Gasteiger partial charge is 0.343 e. The molecule has 3 aromatic rings. The van der Waals surface area contributed by atoms with Crippen molar-refractivity contribution in [3.05, 3.63) is 106 Å². The minimum atomic E-state index is -0.713. The van der Waals surface area contributed by atoms with Crippen molar-refractivity contribution >= 4 is 29.3 Å². The number of Topliss-reactive ketones (excluding diaryl/α,β-unsaturated/α-hetero) is 1. The van der Waals surface area contributed by atoms with Crippen LogP contribution in [0.4, 0.5) is 5.69 Å². The molecule has 0 spiro atoms. The molecule has 4 rings (SSSR count). The summed E-state index contributed by atoms with van der Waals surface area (Å²) < 4.78 is 10.4. The average molecular weight is 502 g/mol. The summed E-state index contributed by atoms with van der Waals surface area (Å²) in [7, 11) is 0. The van der Waals surface area contributed by atoms with Crippen molar-refractivity contribution in [3.8, 4) is 5.75 Å². The zero-order chi connectivity index (χ0) is 26.4. The summed E-state index contributed by atoms with van der Waals surface area (Å²) in [6.45, 7) is 0.156. The number of ketones is 1. The molecule has 0 aromatic heterocycles. The fraction of sp³-hybridized carbons (Fsp3) is 0.185. The number of benzene rings is 3. The summed E-state index contributed by atoms with van der Waals surface area (Å²) in [5, 5.41) is 10.7. The van der Waals surface area contributed by atoms with Gasteiger partial charge in [0.15, 0.2) is 12.4 Å². The Kier molecular flexibility index (Phi) is 7.68. The van der Waals surface area contributed by atoms with Crippen LogP contribution in [0.3, 0.4) is 0 Å². The maximum atomic E-state index is 12.5. The summed E-state index contributed by atoms with van der Waals surface area (Å²) in [5.41, 5.74) is 1.19. The van der Waals surface area contributed by atoms with E-state index >= 15 is 0 Å². The number of nitro benzene ring substituents is 1. The van der Waals surface area contributed by atoms with E-state index in [2.05, 4.69) is 0 Å². The molecule has 1 aliphatic rings. The lowest BCUT2D eigenvalue weighted by Crippen LogP contribution is -2.27. The standard InChI is InChI=1S/C27H22N2O8/c30-24(17-36-26(32)21-14-25(31)28(16-21)15-18-4-2-1-3-5-18)19-8-12-23(13-9-19)37-27(33)20-6-10-22(11-7-20)29(34)35/h1-13,21H,14-17H2/t21-/m1/s1. The number of hydrogen-bond donors (Lipinski definition) is 0. The highest BCUT2D eigenvalue weighted by molar-refractivity contribution is 5.98. The summed E-state index contributed by atoms with van der Waals surface area (Å²) in [5.74, 6) is -2.38. The van der Waals surface area contributed by atoms with E-state index in [0.29, 0.717) is 6.54 Å². The maximum absolute atomic E-state index is 12.5. The first-order chi connectivity index (χ1) is 17.8. The third-order valence-corrected chi connectivity index (χ3v) is 5.81. The second-order valence-corrected chi connectivity index (χ2v) is 8.41. The average Bonchev–Trinajstić information content (AvgIpc) is 3.28. The van der Waals surface area contributed by atoms with Crippen LogP contribution in [0.1, 0.15) is 32.7 Å². The van der Waals surface area contributed by atoms with E-state index in [1.165, 1.54) is 48.5 Å². The minimum Gasteiger partial charge on any atom is -0.457 e. The maximum Gasteiger partial charge on any atom is 0.343 e. The second kappa shape index (κ2) is 11.3. The Bertz CT molecular complexity index is 1320. The molecule has 0 unspecified atom stereocenters.